The van der Waals surface area contributed by atoms with Crippen LogP contribution in [0.15, 0.2) is 46.9 Å². The van der Waals surface area contributed by atoms with Gasteiger partial charge in [-0.25, -0.2) is 4.79 Å². The molecule has 0 aliphatic heterocycles. The van der Waals surface area contributed by atoms with Gasteiger partial charge in [0.25, 0.3) is 0 Å². The van der Waals surface area contributed by atoms with Crippen LogP contribution in [0.25, 0.3) is 0 Å². The average Bonchev–Trinajstić information content (AvgIpc) is 2.47. The van der Waals surface area contributed by atoms with Gasteiger partial charge in [-0.1, -0.05) is 25.1 Å². The summed E-state index contributed by atoms with van der Waals surface area (Å²) >= 11 is 3.36. The maximum absolute atomic E-state index is 11.5. The average molecular weight is 335 g/mol. The molecule has 20 heavy (non-hydrogen) atoms. The number of aryl methyl sites for hydroxylation is 1. The fourth-order valence-electron chi connectivity index (χ4n) is 1.86. The normalized spacial score (nSPS) is 10.2. The van der Waals surface area contributed by atoms with Gasteiger partial charge < -0.3 is 9.47 Å². The number of ether oxygens (including phenoxy) is 2. The fraction of sp³-hybridized carbons (Fsp3) is 0.188. The number of benzene rings is 2. The second kappa shape index (κ2) is 6.57. The molecule has 2 rings (SSSR count). The van der Waals surface area contributed by atoms with E-state index in [-0.39, 0.29) is 5.97 Å². The Labute approximate surface area is 126 Å². The summed E-state index contributed by atoms with van der Waals surface area (Å²) in [4.78, 5) is 11.5. The molecule has 0 heterocycles. The van der Waals surface area contributed by atoms with Crippen LogP contribution in [0.5, 0.6) is 11.5 Å². The summed E-state index contributed by atoms with van der Waals surface area (Å²) in [7, 11) is 1.36. The molecule has 0 bridgehead atoms. The molecule has 3 nitrogen and oxygen atoms in total. The predicted octanol–water partition coefficient (Wildman–Crippen LogP) is 4.59. The molecule has 2 aromatic carbocycles. The van der Waals surface area contributed by atoms with E-state index in [4.69, 9.17) is 9.47 Å². The van der Waals surface area contributed by atoms with Gasteiger partial charge in [0.15, 0.2) is 0 Å². The van der Waals surface area contributed by atoms with E-state index in [0.717, 1.165) is 17.7 Å². The van der Waals surface area contributed by atoms with Gasteiger partial charge in [0.05, 0.1) is 12.7 Å². The van der Waals surface area contributed by atoms with Crippen molar-refractivity contribution in [2.75, 3.05) is 7.11 Å². The van der Waals surface area contributed by atoms with Gasteiger partial charge in [-0.3, -0.25) is 0 Å². The number of esters is 1. The van der Waals surface area contributed by atoms with Crippen LogP contribution in [-0.2, 0) is 11.2 Å². The molecule has 0 radical (unpaired) electrons. The van der Waals surface area contributed by atoms with Gasteiger partial charge in [0.1, 0.15) is 11.5 Å². The monoisotopic (exact) mass is 334 g/mol. The van der Waals surface area contributed by atoms with Crippen molar-refractivity contribution in [2.45, 2.75) is 13.3 Å². The first kappa shape index (κ1) is 14.6. The van der Waals surface area contributed by atoms with Crippen LogP contribution in [0.4, 0.5) is 0 Å². The Kier molecular flexibility index (Phi) is 4.79. The molecule has 0 fully saturated rings. The lowest BCUT2D eigenvalue weighted by Gasteiger charge is -2.11. The summed E-state index contributed by atoms with van der Waals surface area (Å²) < 4.78 is 11.2. The number of hydrogen-bond donors (Lipinski definition) is 0. The van der Waals surface area contributed by atoms with Crippen LogP contribution in [0, 0.1) is 0 Å². The maximum Gasteiger partial charge on any atom is 0.339 e. The lowest BCUT2D eigenvalue weighted by Crippen LogP contribution is -2.02. The number of halogens is 1. The first-order valence-electron chi connectivity index (χ1n) is 6.29. The molecule has 0 saturated carbocycles. The third kappa shape index (κ3) is 3.20. The second-order valence-electron chi connectivity index (χ2n) is 4.20. The Balaban J connectivity index is 2.27. The van der Waals surface area contributed by atoms with Gasteiger partial charge >= 0.3 is 5.97 Å². The number of rotatable bonds is 4. The summed E-state index contributed by atoms with van der Waals surface area (Å²) in [5.41, 5.74) is 1.62. The highest BCUT2D eigenvalue weighted by Crippen LogP contribution is 2.29. The molecule has 2 aromatic rings. The number of methoxy groups -OCH3 is 1. The zero-order valence-electron chi connectivity index (χ0n) is 11.4. The van der Waals surface area contributed by atoms with Crippen molar-refractivity contribution in [3.63, 3.8) is 0 Å². The second-order valence-corrected chi connectivity index (χ2v) is 5.05. The van der Waals surface area contributed by atoms with Gasteiger partial charge in [-0.2, -0.15) is 0 Å². The Bertz CT molecular complexity index is 623. The quantitative estimate of drug-likeness (QED) is 0.767. The van der Waals surface area contributed by atoms with E-state index < -0.39 is 0 Å². The third-order valence-electron chi connectivity index (χ3n) is 2.93. The smallest absolute Gasteiger partial charge is 0.339 e. The zero-order chi connectivity index (χ0) is 14.5. The van der Waals surface area contributed by atoms with E-state index in [2.05, 4.69) is 22.9 Å². The molecule has 0 aliphatic carbocycles. The molecular weight excluding hydrogens is 320 g/mol. The molecular formula is C16H15BrO3. The van der Waals surface area contributed by atoms with Gasteiger partial charge in [-0.05, 0) is 52.2 Å². The standard InChI is InChI=1S/C16H15BrO3/c1-3-11-6-4-5-7-15(11)20-12-8-9-13(14(17)10-12)16(18)19-2/h4-10H,3H2,1-2H3. The van der Waals surface area contributed by atoms with Crippen LogP contribution in [0.3, 0.4) is 0 Å². The lowest BCUT2D eigenvalue weighted by molar-refractivity contribution is 0.0599. The van der Waals surface area contributed by atoms with Crippen molar-refractivity contribution in [2.24, 2.45) is 0 Å². The molecule has 4 heteroatoms. The number of hydrogen-bond acceptors (Lipinski definition) is 3. The number of carbonyl (C=O) groups is 1. The summed E-state index contributed by atoms with van der Waals surface area (Å²) in [5.74, 6) is 1.12. The summed E-state index contributed by atoms with van der Waals surface area (Å²) in [6.07, 6.45) is 0.900. The van der Waals surface area contributed by atoms with Gasteiger partial charge in [-0.15, -0.1) is 0 Å². The van der Waals surface area contributed by atoms with E-state index in [0.29, 0.717) is 15.8 Å². The van der Waals surface area contributed by atoms with Crippen molar-refractivity contribution >= 4 is 21.9 Å². The first-order valence-corrected chi connectivity index (χ1v) is 7.08. The number of carbonyl (C=O) groups excluding carboxylic acids is 1. The molecule has 0 aliphatic rings. The Morgan fingerprint density at radius 2 is 1.95 bits per heavy atom. The molecule has 0 atom stereocenters. The Morgan fingerprint density at radius 1 is 1.20 bits per heavy atom. The highest BCUT2D eigenvalue weighted by molar-refractivity contribution is 9.10. The van der Waals surface area contributed by atoms with Gasteiger partial charge in [0, 0.05) is 4.47 Å². The summed E-state index contributed by atoms with van der Waals surface area (Å²) in [5, 5.41) is 0. The molecule has 0 N–H and O–H groups in total. The minimum absolute atomic E-state index is 0.377. The number of para-hydroxylation sites is 1. The van der Waals surface area contributed by atoms with Crippen LogP contribution in [-0.4, -0.2) is 13.1 Å². The third-order valence-corrected chi connectivity index (χ3v) is 3.58. The largest absolute Gasteiger partial charge is 0.465 e. The van der Waals surface area contributed by atoms with Crippen LogP contribution >= 0.6 is 15.9 Å². The highest BCUT2D eigenvalue weighted by atomic mass is 79.9. The highest BCUT2D eigenvalue weighted by Gasteiger charge is 2.11. The first-order chi connectivity index (χ1) is 9.65. The topological polar surface area (TPSA) is 35.5 Å². The van der Waals surface area contributed by atoms with E-state index >= 15 is 0 Å². The molecule has 0 amide bonds. The van der Waals surface area contributed by atoms with E-state index in [1.165, 1.54) is 7.11 Å². The molecule has 104 valence electrons. The zero-order valence-corrected chi connectivity index (χ0v) is 12.9. The summed E-state index contributed by atoms with van der Waals surface area (Å²) in [6.45, 7) is 2.08. The van der Waals surface area contributed by atoms with E-state index in [9.17, 15) is 4.79 Å². The Morgan fingerprint density at radius 3 is 2.60 bits per heavy atom. The SMILES string of the molecule is CCc1ccccc1Oc1ccc(C(=O)OC)c(Br)c1. The van der Waals surface area contributed by atoms with Crippen molar-refractivity contribution in [1.82, 2.24) is 0 Å². The minimum Gasteiger partial charge on any atom is -0.465 e. The van der Waals surface area contributed by atoms with Crippen molar-refractivity contribution in [1.29, 1.82) is 0 Å². The van der Waals surface area contributed by atoms with Crippen LogP contribution in [0.1, 0.15) is 22.8 Å². The molecule has 0 aromatic heterocycles. The molecule has 0 unspecified atom stereocenters. The molecule has 0 saturated heterocycles. The maximum atomic E-state index is 11.5. The lowest BCUT2D eigenvalue weighted by atomic mass is 10.1. The minimum atomic E-state index is -0.377. The van der Waals surface area contributed by atoms with Crippen LogP contribution < -0.4 is 4.74 Å². The van der Waals surface area contributed by atoms with E-state index in [1.807, 2.05) is 24.3 Å². The van der Waals surface area contributed by atoms with Gasteiger partial charge in [0.2, 0.25) is 0 Å². The van der Waals surface area contributed by atoms with Crippen LogP contribution in [0.2, 0.25) is 0 Å². The summed E-state index contributed by atoms with van der Waals surface area (Å²) in [6, 6.07) is 13.1. The molecule has 0 spiro atoms. The predicted molar refractivity (Wildman–Crippen MR) is 81.4 cm³/mol. The van der Waals surface area contributed by atoms with E-state index in [1.54, 1.807) is 18.2 Å². The fourth-order valence-corrected chi connectivity index (χ4v) is 2.38. The van der Waals surface area contributed by atoms with Crippen molar-refractivity contribution < 1.29 is 14.3 Å². The Hall–Kier alpha value is -1.81. The van der Waals surface area contributed by atoms with Crippen molar-refractivity contribution in [3.8, 4) is 11.5 Å². The van der Waals surface area contributed by atoms with Crippen molar-refractivity contribution in [3.05, 3.63) is 58.1 Å².